The summed E-state index contributed by atoms with van der Waals surface area (Å²) in [5, 5.41) is 15.8. The Morgan fingerprint density at radius 3 is 2.58 bits per heavy atom. The standard InChI is InChI=1S/C27H36N6O4S/c1-17(2)19-5-6-22(33-13-18(14-33)16-38(4,35)36)21-12-29-26(11-20(19)21)30-25-7-9-28-27(31-25)32-10-8-24(37-3)23(34)15-32/h5-7,9,11-12,17-18,23-24,34H,8,10,13-16H2,1-4H3,(H,28,29,30,31)/t23-,24-/m0/s1. The van der Waals surface area contributed by atoms with E-state index in [1.165, 1.54) is 11.8 Å². The molecule has 2 fully saturated rings. The fourth-order valence-electron chi connectivity index (χ4n) is 5.46. The van der Waals surface area contributed by atoms with Crippen LogP contribution in [0, 0.1) is 5.92 Å². The highest BCUT2D eigenvalue weighted by molar-refractivity contribution is 7.90. The number of aliphatic hydroxyl groups excluding tert-OH is 1. The molecule has 3 aromatic rings. The number of piperidine rings is 1. The maximum Gasteiger partial charge on any atom is 0.227 e. The number of methoxy groups -OCH3 is 1. The molecule has 204 valence electrons. The van der Waals surface area contributed by atoms with E-state index in [9.17, 15) is 13.5 Å². The first-order valence-electron chi connectivity index (χ1n) is 13.0. The lowest BCUT2D eigenvalue weighted by Gasteiger charge is -2.41. The number of nitrogens with one attached hydrogen (secondary N) is 1. The molecule has 11 heteroatoms. The largest absolute Gasteiger partial charge is 0.389 e. The minimum atomic E-state index is -2.98. The molecule has 38 heavy (non-hydrogen) atoms. The quantitative estimate of drug-likeness (QED) is 0.441. The fraction of sp³-hybridized carbons (Fsp3) is 0.519. The van der Waals surface area contributed by atoms with Crippen LogP contribution in [0.15, 0.2) is 36.7 Å². The zero-order chi connectivity index (χ0) is 27.0. The first kappa shape index (κ1) is 26.6. The van der Waals surface area contributed by atoms with Gasteiger partial charge in [-0.25, -0.2) is 18.4 Å². The Morgan fingerprint density at radius 1 is 1.11 bits per heavy atom. The first-order valence-corrected chi connectivity index (χ1v) is 15.1. The highest BCUT2D eigenvalue weighted by Gasteiger charge is 2.31. The highest BCUT2D eigenvalue weighted by atomic mass is 32.2. The molecule has 10 nitrogen and oxygen atoms in total. The smallest absolute Gasteiger partial charge is 0.227 e. The van der Waals surface area contributed by atoms with Crippen LogP contribution in [0.25, 0.3) is 10.8 Å². The predicted octanol–water partition coefficient (Wildman–Crippen LogP) is 2.96. The van der Waals surface area contributed by atoms with Gasteiger partial charge in [0.25, 0.3) is 0 Å². The zero-order valence-corrected chi connectivity index (χ0v) is 23.1. The summed E-state index contributed by atoms with van der Waals surface area (Å²) in [4.78, 5) is 18.0. The third kappa shape index (κ3) is 5.69. The van der Waals surface area contributed by atoms with Crippen molar-refractivity contribution in [2.24, 2.45) is 5.92 Å². The van der Waals surface area contributed by atoms with Gasteiger partial charge in [0.2, 0.25) is 5.95 Å². The molecule has 2 aliphatic heterocycles. The van der Waals surface area contributed by atoms with Crippen molar-refractivity contribution in [3.05, 3.63) is 42.2 Å². The van der Waals surface area contributed by atoms with Crippen molar-refractivity contribution in [1.82, 2.24) is 15.0 Å². The van der Waals surface area contributed by atoms with Gasteiger partial charge in [-0.3, -0.25) is 0 Å². The number of hydrogen-bond acceptors (Lipinski definition) is 10. The van der Waals surface area contributed by atoms with Crippen molar-refractivity contribution < 1.29 is 18.3 Å². The van der Waals surface area contributed by atoms with Crippen LogP contribution < -0.4 is 15.1 Å². The second kappa shape index (κ2) is 10.6. The summed E-state index contributed by atoms with van der Waals surface area (Å²) in [6, 6.07) is 8.14. The molecule has 2 aromatic heterocycles. The molecule has 4 heterocycles. The molecule has 0 amide bonds. The second-order valence-electron chi connectivity index (χ2n) is 10.8. The van der Waals surface area contributed by atoms with E-state index in [4.69, 9.17) is 9.72 Å². The summed E-state index contributed by atoms with van der Waals surface area (Å²) in [5.41, 5.74) is 2.30. The highest BCUT2D eigenvalue weighted by Crippen LogP contribution is 2.37. The Hall–Kier alpha value is -3.02. The summed E-state index contributed by atoms with van der Waals surface area (Å²) in [6.07, 6.45) is 4.83. The van der Waals surface area contributed by atoms with E-state index in [0.29, 0.717) is 43.0 Å². The summed E-state index contributed by atoms with van der Waals surface area (Å²) < 4.78 is 28.7. The van der Waals surface area contributed by atoms with Gasteiger partial charge < -0.3 is 25.0 Å². The third-order valence-electron chi connectivity index (χ3n) is 7.37. The monoisotopic (exact) mass is 540 g/mol. The lowest BCUT2D eigenvalue weighted by molar-refractivity contribution is -0.0219. The number of fused-ring (bicyclic) bond motifs is 1. The van der Waals surface area contributed by atoms with Crippen LogP contribution in [0.5, 0.6) is 0 Å². The topological polar surface area (TPSA) is 121 Å². The minimum absolute atomic E-state index is 0.159. The number of anilines is 4. The van der Waals surface area contributed by atoms with Crippen molar-refractivity contribution in [3.8, 4) is 0 Å². The number of β-amino-alcohol motifs (C(OH)–C–C–N with tert-alkyl or cyclic N) is 1. The maximum absolute atomic E-state index is 11.7. The summed E-state index contributed by atoms with van der Waals surface area (Å²) in [6.45, 7) is 6.91. The van der Waals surface area contributed by atoms with Crippen LogP contribution >= 0.6 is 0 Å². The Labute approximate surface area is 224 Å². The molecule has 2 saturated heterocycles. The first-order chi connectivity index (χ1) is 18.1. The zero-order valence-electron chi connectivity index (χ0n) is 22.3. The normalized spacial score (nSPS) is 20.7. The van der Waals surface area contributed by atoms with Gasteiger partial charge in [-0.1, -0.05) is 19.9 Å². The van der Waals surface area contributed by atoms with Crippen LogP contribution in [0.1, 0.15) is 31.7 Å². The third-order valence-corrected chi connectivity index (χ3v) is 8.45. The van der Waals surface area contributed by atoms with Crippen LogP contribution in [0.3, 0.4) is 0 Å². The van der Waals surface area contributed by atoms with E-state index in [1.54, 1.807) is 19.4 Å². The molecule has 1 aromatic carbocycles. The average molecular weight is 541 g/mol. The van der Waals surface area contributed by atoms with Crippen molar-refractivity contribution in [2.45, 2.75) is 38.4 Å². The van der Waals surface area contributed by atoms with E-state index in [-0.39, 0.29) is 17.8 Å². The van der Waals surface area contributed by atoms with Gasteiger partial charge in [0, 0.05) is 68.9 Å². The lowest BCUT2D eigenvalue weighted by atomic mass is 9.93. The Balaban J connectivity index is 1.37. The number of hydrogen-bond donors (Lipinski definition) is 2. The molecule has 0 unspecified atom stereocenters. The van der Waals surface area contributed by atoms with Gasteiger partial charge in [0.05, 0.1) is 18.0 Å². The van der Waals surface area contributed by atoms with Crippen LogP contribution in [0.4, 0.5) is 23.3 Å². The molecular formula is C27H36N6O4S. The Morgan fingerprint density at radius 2 is 1.89 bits per heavy atom. The fourth-order valence-corrected chi connectivity index (χ4v) is 6.53. The van der Waals surface area contributed by atoms with Gasteiger partial charge in [-0.05, 0) is 41.5 Å². The van der Waals surface area contributed by atoms with E-state index in [1.807, 2.05) is 11.1 Å². The molecule has 0 spiro atoms. The molecule has 0 saturated carbocycles. The molecular weight excluding hydrogens is 504 g/mol. The number of aliphatic hydroxyl groups is 1. The summed E-state index contributed by atoms with van der Waals surface area (Å²) in [7, 11) is -1.36. The van der Waals surface area contributed by atoms with E-state index >= 15 is 0 Å². The van der Waals surface area contributed by atoms with Gasteiger partial charge in [0.1, 0.15) is 21.5 Å². The molecule has 2 aliphatic rings. The Bertz CT molecular complexity index is 1410. The van der Waals surface area contributed by atoms with Crippen LogP contribution in [0.2, 0.25) is 0 Å². The van der Waals surface area contributed by atoms with Crippen molar-refractivity contribution in [3.63, 3.8) is 0 Å². The SMILES string of the molecule is CO[C@H]1CCN(c2nccc(Nc3cc4c(C(C)C)ccc(N5CC(CS(C)(=O)=O)C5)c4cn3)n2)C[C@@H]1O. The molecule has 0 radical (unpaired) electrons. The van der Waals surface area contributed by atoms with Crippen molar-refractivity contribution in [2.75, 3.05) is 60.4 Å². The number of aromatic nitrogens is 3. The second-order valence-corrected chi connectivity index (χ2v) is 12.9. The van der Waals surface area contributed by atoms with Crippen LogP contribution in [-0.2, 0) is 14.6 Å². The minimum Gasteiger partial charge on any atom is -0.389 e. The van der Waals surface area contributed by atoms with Gasteiger partial charge in [0.15, 0.2) is 0 Å². The van der Waals surface area contributed by atoms with E-state index < -0.39 is 15.9 Å². The average Bonchev–Trinajstić information content (AvgIpc) is 2.85. The molecule has 0 aliphatic carbocycles. The summed E-state index contributed by atoms with van der Waals surface area (Å²) in [5.74, 6) is 2.56. The van der Waals surface area contributed by atoms with Crippen molar-refractivity contribution in [1.29, 1.82) is 0 Å². The molecule has 0 bridgehead atoms. The number of nitrogens with zero attached hydrogens (tertiary/aromatic N) is 5. The van der Waals surface area contributed by atoms with Crippen molar-refractivity contribution >= 4 is 43.9 Å². The number of sulfone groups is 1. The predicted molar refractivity (Wildman–Crippen MR) is 150 cm³/mol. The van der Waals surface area contributed by atoms with Crippen LogP contribution in [-0.4, -0.2) is 86.0 Å². The summed E-state index contributed by atoms with van der Waals surface area (Å²) >= 11 is 0. The number of benzene rings is 1. The van der Waals surface area contributed by atoms with Gasteiger partial charge in [-0.2, -0.15) is 4.98 Å². The van der Waals surface area contributed by atoms with Gasteiger partial charge in [-0.15, -0.1) is 0 Å². The number of rotatable bonds is 8. The molecule has 5 rings (SSSR count). The number of ether oxygens (including phenoxy) is 1. The van der Waals surface area contributed by atoms with Gasteiger partial charge >= 0.3 is 0 Å². The lowest BCUT2D eigenvalue weighted by Crippen LogP contribution is -2.49. The maximum atomic E-state index is 11.7. The number of pyridine rings is 1. The molecule has 2 N–H and O–H groups in total. The molecule has 2 atom stereocenters. The van der Waals surface area contributed by atoms with E-state index in [2.05, 4.69) is 52.2 Å². The van der Waals surface area contributed by atoms with E-state index in [0.717, 1.165) is 29.5 Å². The Kier molecular flexibility index (Phi) is 7.43.